The second kappa shape index (κ2) is 10.1. The van der Waals surface area contributed by atoms with Crippen molar-refractivity contribution in [2.24, 2.45) is 17.8 Å². The zero-order chi connectivity index (χ0) is 12.4. The Bertz CT molecular complexity index is 144. The van der Waals surface area contributed by atoms with E-state index in [4.69, 9.17) is 0 Å². The van der Waals surface area contributed by atoms with Crippen LogP contribution in [0.2, 0.25) is 0 Å². The fourth-order valence-electron chi connectivity index (χ4n) is 2.69. The zero-order valence-electron chi connectivity index (χ0n) is 12.2. The predicted octanol–water partition coefficient (Wildman–Crippen LogP) is 4.47. The van der Waals surface area contributed by atoms with E-state index >= 15 is 0 Å². The minimum absolute atomic E-state index is 0.827. The molecule has 1 unspecified atom stereocenters. The number of nitrogens with one attached hydrogen (secondary N) is 1. The molecule has 0 rings (SSSR count). The summed E-state index contributed by atoms with van der Waals surface area (Å²) < 4.78 is 0. The van der Waals surface area contributed by atoms with Crippen molar-refractivity contribution in [1.29, 1.82) is 0 Å². The molecule has 0 aromatic carbocycles. The highest BCUT2D eigenvalue weighted by Crippen LogP contribution is 2.20. The first-order chi connectivity index (χ1) is 7.60. The molecule has 0 saturated heterocycles. The van der Waals surface area contributed by atoms with Gasteiger partial charge in [0.1, 0.15) is 0 Å². The molecular formula is C15H33N. The maximum Gasteiger partial charge on any atom is -0.00261 e. The van der Waals surface area contributed by atoms with Crippen LogP contribution in [0.5, 0.6) is 0 Å². The van der Waals surface area contributed by atoms with Crippen LogP contribution in [-0.4, -0.2) is 13.6 Å². The molecular weight excluding hydrogens is 194 g/mol. The molecule has 0 fully saturated rings. The predicted molar refractivity (Wildman–Crippen MR) is 74.8 cm³/mol. The number of hydrogen-bond acceptors (Lipinski definition) is 1. The zero-order valence-corrected chi connectivity index (χ0v) is 12.2. The molecule has 1 heteroatoms. The van der Waals surface area contributed by atoms with Crippen LogP contribution in [0.1, 0.15) is 66.2 Å². The van der Waals surface area contributed by atoms with Crippen LogP contribution in [0.4, 0.5) is 0 Å². The summed E-state index contributed by atoms with van der Waals surface area (Å²) in [5.41, 5.74) is 0. The molecule has 16 heavy (non-hydrogen) atoms. The van der Waals surface area contributed by atoms with Crippen molar-refractivity contribution in [2.75, 3.05) is 13.6 Å². The molecule has 98 valence electrons. The molecule has 0 aliphatic heterocycles. The minimum atomic E-state index is 0.827. The van der Waals surface area contributed by atoms with Crippen molar-refractivity contribution in [3.63, 3.8) is 0 Å². The first-order valence-electron chi connectivity index (χ1n) is 7.24. The fourth-order valence-corrected chi connectivity index (χ4v) is 2.69. The Kier molecular flexibility index (Phi) is 10.1. The van der Waals surface area contributed by atoms with E-state index in [2.05, 4.69) is 33.0 Å². The Hall–Kier alpha value is -0.0400. The largest absolute Gasteiger partial charge is 0.319 e. The van der Waals surface area contributed by atoms with Gasteiger partial charge in [0.05, 0.1) is 0 Å². The van der Waals surface area contributed by atoms with Crippen molar-refractivity contribution in [1.82, 2.24) is 5.32 Å². The van der Waals surface area contributed by atoms with Crippen LogP contribution in [0.25, 0.3) is 0 Å². The van der Waals surface area contributed by atoms with E-state index in [1.807, 2.05) is 7.05 Å². The van der Waals surface area contributed by atoms with Gasteiger partial charge in [0.2, 0.25) is 0 Å². The second-order valence-electron chi connectivity index (χ2n) is 5.83. The average Bonchev–Trinajstić information content (AvgIpc) is 2.18. The van der Waals surface area contributed by atoms with Gasteiger partial charge in [0.25, 0.3) is 0 Å². The molecule has 0 amide bonds. The third kappa shape index (κ3) is 9.21. The van der Waals surface area contributed by atoms with Crippen molar-refractivity contribution in [2.45, 2.75) is 66.2 Å². The van der Waals surface area contributed by atoms with Crippen molar-refractivity contribution in [3.8, 4) is 0 Å². The van der Waals surface area contributed by atoms with Gasteiger partial charge in [-0.25, -0.2) is 0 Å². The Morgan fingerprint density at radius 2 is 1.50 bits per heavy atom. The fraction of sp³-hybridized carbons (Fsp3) is 1.00. The van der Waals surface area contributed by atoms with E-state index in [1.165, 1.54) is 38.5 Å². The van der Waals surface area contributed by atoms with E-state index in [1.54, 1.807) is 0 Å². The lowest BCUT2D eigenvalue weighted by Crippen LogP contribution is -2.18. The molecule has 0 aliphatic carbocycles. The molecule has 0 aromatic rings. The lowest BCUT2D eigenvalue weighted by Gasteiger charge is -2.17. The molecule has 0 bridgehead atoms. The Morgan fingerprint density at radius 1 is 0.875 bits per heavy atom. The summed E-state index contributed by atoms with van der Waals surface area (Å²) in [4.78, 5) is 0. The number of hydrogen-bond donors (Lipinski definition) is 1. The molecule has 0 saturated carbocycles. The summed E-state index contributed by atoms with van der Waals surface area (Å²) >= 11 is 0. The third-order valence-corrected chi connectivity index (χ3v) is 3.53. The molecule has 0 aliphatic rings. The van der Waals surface area contributed by atoms with Crippen molar-refractivity contribution < 1.29 is 0 Å². The lowest BCUT2D eigenvalue weighted by atomic mass is 9.90. The summed E-state index contributed by atoms with van der Waals surface area (Å²) in [5, 5.41) is 3.26. The molecule has 0 radical (unpaired) electrons. The maximum absolute atomic E-state index is 3.26. The monoisotopic (exact) mass is 227 g/mol. The highest BCUT2D eigenvalue weighted by molar-refractivity contribution is 4.62. The Labute approximate surface area is 103 Å². The third-order valence-electron chi connectivity index (χ3n) is 3.53. The molecule has 1 nitrogen and oxygen atoms in total. The summed E-state index contributed by atoms with van der Waals surface area (Å²) in [6.07, 6.45) is 8.40. The molecule has 3 atom stereocenters. The molecule has 0 aromatic heterocycles. The first kappa shape index (κ1) is 16.0. The van der Waals surface area contributed by atoms with Crippen LogP contribution >= 0.6 is 0 Å². The lowest BCUT2D eigenvalue weighted by molar-refractivity contribution is 0.359. The van der Waals surface area contributed by atoms with E-state index in [-0.39, 0.29) is 0 Å². The molecule has 0 heterocycles. The van der Waals surface area contributed by atoms with Gasteiger partial charge in [-0.3, -0.25) is 0 Å². The average molecular weight is 227 g/mol. The normalized spacial score (nSPS) is 17.1. The van der Waals surface area contributed by atoms with Crippen LogP contribution in [0, 0.1) is 17.8 Å². The van der Waals surface area contributed by atoms with Gasteiger partial charge in [-0.2, -0.15) is 0 Å². The van der Waals surface area contributed by atoms with Crippen LogP contribution < -0.4 is 5.32 Å². The summed E-state index contributed by atoms with van der Waals surface area (Å²) in [6, 6.07) is 0. The molecule has 0 spiro atoms. The number of rotatable bonds is 10. The highest BCUT2D eigenvalue weighted by atomic mass is 14.8. The summed E-state index contributed by atoms with van der Waals surface area (Å²) in [6.45, 7) is 10.6. The maximum atomic E-state index is 3.26. The van der Waals surface area contributed by atoms with E-state index in [0.717, 1.165) is 24.3 Å². The summed E-state index contributed by atoms with van der Waals surface area (Å²) in [5.74, 6) is 2.66. The van der Waals surface area contributed by atoms with Crippen molar-refractivity contribution in [3.05, 3.63) is 0 Å². The SMILES string of the molecule is CCC[C@@H](C)CCCC(C)C[C@H](C)CNC. The van der Waals surface area contributed by atoms with Gasteiger partial charge in [0, 0.05) is 0 Å². The van der Waals surface area contributed by atoms with Gasteiger partial charge in [-0.1, -0.05) is 59.8 Å². The molecule has 1 N–H and O–H groups in total. The van der Waals surface area contributed by atoms with Crippen LogP contribution in [0.3, 0.4) is 0 Å². The smallest absolute Gasteiger partial charge is 0.00261 e. The van der Waals surface area contributed by atoms with Gasteiger partial charge < -0.3 is 5.32 Å². The Balaban J connectivity index is 3.46. The van der Waals surface area contributed by atoms with Crippen LogP contribution in [0.15, 0.2) is 0 Å². The van der Waals surface area contributed by atoms with E-state index < -0.39 is 0 Å². The minimum Gasteiger partial charge on any atom is -0.319 e. The first-order valence-corrected chi connectivity index (χ1v) is 7.24. The van der Waals surface area contributed by atoms with Gasteiger partial charge in [-0.05, 0) is 37.8 Å². The van der Waals surface area contributed by atoms with Gasteiger partial charge in [-0.15, -0.1) is 0 Å². The summed E-state index contributed by atoms with van der Waals surface area (Å²) in [7, 11) is 2.05. The van der Waals surface area contributed by atoms with Crippen LogP contribution in [-0.2, 0) is 0 Å². The van der Waals surface area contributed by atoms with Gasteiger partial charge >= 0.3 is 0 Å². The van der Waals surface area contributed by atoms with E-state index in [9.17, 15) is 0 Å². The van der Waals surface area contributed by atoms with Gasteiger partial charge in [0.15, 0.2) is 0 Å². The highest BCUT2D eigenvalue weighted by Gasteiger charge is 2.09. The van der Waals surface area contributed by atoms with Crippen molar-refractivity contribution >= 4 is 0 Å². The topological polar surface area (TPSA) is 12.0 Å². The Morgan fingerprint density at radius 3 is 2.06 bits per heavy atom. The van der Waals surface area contributed by atoms with E-state index in [0.29, 0.717) is 0 Å². The second-order valence-corrected chi connectivity index (χ2v) is 5.83. The quantitative estimate of drug-likeness (QED) is 0.580. The standard InChI is InChI=1S/C15H33N/c1-6-8-13(2)9-7-10-14(3)11-15(4)12-16-5/h13-16H,6-12H2,1-5H3/t13-,14?,15+/m1/s1.